The quantitative estimate of drug-likeness (QED) is 0.309. The zero-order valence-corrected chi connectivity index (χ0v) is 25.2. The van der Waals surface area contributed by atoms with E-state index >= 15 is 0 Å². The van der Waals surface area contributed by atoms with Gasteiger partial charge in [-0.1, -0.05) is 89.1 Å². The number of amides is 2. The topological polar surface area (TPSA) is 86.8 Å². The van der Waals surface area contributed by atoms with Crippen molar-refractivity contribution in [3.05, 3.63) is 100 Å². The summed E-state index contributed by atoms with van der Waals surface area (Å²) in [4.78, 5) is 29.3. The van der Waals surface area contributed by atoms with Gasteiger partial charge in [0.15, 0.2) is 0 Å². The van der Waals surface area contributed by atoms with Crippen LogP contribution in [0.25, 0.3) is 0 Å². The zero-order valence-electron chi connectivity index (χ0n) is 22.8. The van der Waals surface area contributed by atoms with Gasteiger partial charge >= 0.3 is 0 Å². The fourth-order valence-corrected chi connectivity index (χ4v) is 5.48. The first kappa shape index (κ1) is 30.4. The van der Waals surface area contributed by atoms with Crippen LogP contribution in [-0.4, -0.2) is 50.0 Å². The van der Waals surface area contributed by atoms with Gasteiger partial charge < -0.3 is 10.2 Å². The maximum absolute atomic E-state index is 14.1. The maximum atomic E-state index is 14.1. The van der Waals surface area contributed by atoms with Gasteiger partial charge in [0.2, 0.25) is 21.8 Å². The lowest BCUT2D eigenvalue weighted by atomic mass is 10.0. The van der Waals surface area contributed by atoms with Crippen LogP contribution in [0.1, 0.15) is 37.0 Å². The fourth-order valence-electron chi connectivity index (χ4n) is 4.25. The third-order valence-corrected chi connectivity index (χ3v) is 8.12. The van der Waals surface area contributed by atoms with Crippen molar-refractivity contribution in [1.29, 1.82) is 0 Å². The van der Waals surface area contributed by atoms with Crippen molar-refractivity contribution < 1.29 is 18.0 Å². The van der Waals surface area contributed by atoms with Gasteiger partial charge in [0.1, 0.15) is 12.6 Å². The highest BCUT2D eigenvalue weighted by molar-refractivity contribution is 9.10. The van der Waals surface area contributed by atoms with E-state index in [1.807, 2.05) is 75.4 Å². The lowest BCUT2D eigenvalue weighted by Crippen LogP contribution is -2.54. The molecule has 39 heavy (non-hydrogen) atoms. The Hall–Kier alpha value is -3.17. The molecule has 0 heterocycles. The van der Waals surface area contributed by atoms with Gasteiger partial charge in [0.05, 0.1) is 11.9 Å². The highest BCUT2D eigenvalue weighted by Crippen LogP contribution is 2.23. The summed E-state index contributed by atoms with van der Waals surface area (Å²) in [5, 5.41) is 3.03. The van der Waals surface area contributed by atoms with Gasteiger partial charge in [-0.3, -0.25) is 13.9 Å². The fraction of sp³-hybridized carbons (Fsp3) is 0.333. The Morgan fingerprint density at radius 3 is 2.23 bits per heavy atom. The number of carbonyl (C=O) groups excluding carboxylic acids is 2. The van der Waals surface area contributed by atoms with Crippen molar-refractivity contribution in [1.82, 2.24) is 10.2 Å². The summed E-state index contributed by atoms with van der Waals surface area (Å²) in [6, 6.07) is 23.1. The number of halogens is 1. The van der Waals surface area contributed by atoms with Gasteiger partial charge in [-0.05, 0) is 49.6 Å². The molecule has 0 radical (unpaired) electrons. The van der Waals surface area contributed by atoms with Crippen LogP contribution < -0.4 is 9.62 Å². The van der Waals surface area contributed by atoms with E-state index in [1.54, 1.807) is 24.3 Å². The Bertz CT molecular complexity index is 1380. The molecule has 0 bridgehead atoms. The molecule has 0 aliphatic carbocycles. The minimum absolute atomic E-state index is 0.0825. The number of aryl methyl sites for hydroxylation is 1. The molecular weight excluding hydrogens is 578 g/mol. The normalized spacial score (nSPS) is 12.8. The Morgan fingerprint density at radius 1 is 0.949 bits per heavy atom. The van der Waals surface area contributed by atoms with E-state index in [4.69, 9.17) is 0 Å². The van der Waals surface area contributed by atoms with Crippen LogP contribution in [0.3, 0.4) is 0 Å². The van der Waals surface area contributed by atoms with E-state index in [0.29, 0.717) is 10.2 Å². The third-order valence-electron chi connectivity index (χ3n) is 6.48. The van der Waals surface area contributed by atoms with E-state index in [2.05, 4.69) is 21.2 Å². The van der Waals surface area contributed by atoms with E-state index in [0.717, 1.165) is 33.7 Å². The van der Waals surface area contributed by atoms with Crippen LogP contribution in [0, 0.1) is 6.92 Å². The molecule has 0 aromatic heterocycles. The van der Waals surface area contributed by atoms with Crippen molar-refractivity contribution >= 4 is 43.5 Å². The zero-order chi connectivity index (χ0) is 28.6. The molecule has 7 nitrogen and oxygen atoms in total. The van der Waals surface area contributed by atoms with Crippen LogP contribution in [0.15, 0.2) is 83.3 Å². The highest BCUT2D eigenvalue weighted by Gasteiger charge is 2.33. The van der Waals surface area contributed by atoms with E-state index in [-0.39, 0.29) is 24.9 Å². The van der Waals surface area contributed by atoms with Gasteiger partial charge in [0.25, 0.3) is 0 Å². The molecule has 3 aromatic carbocycles. The molecule has 0 saturated heterocycles. The van der Waals surface area contributed by atoms with Crippen LogP contribution in [0.5, 0.6) is 0 Å². The number of hydrogen-bond donors (Lipinski definition) is 1. The molecule has 208 valence electrons. The molecular formula is C30H36BrN3O4S. The lowest BCUT2D eigenvalue weighted by Gasteiger charge is -2.34. The first-order valence-electron chi connectivity index (χ1n) is 12.9. The maximum Gasteiger partial charge on any atom is 0.244 e. The number of nitrogens with one attached hydrogen (secondary N) is 1. The minimum atomic E-state index is -3.81. The van der Waals surface area contributed by atoms with Crippen molar-refractivity contribution in [3.63, 3.8) is 0 Å². The average molecular weight is 615 g/mol. The molecule has 0 aliphatic heterocycles. The summed E-state index contributed by atoms with van der Waals surface area (Å²) in [5.41, 5.74) is 3.14. The van der Waals surface area contributed by atoms with E-state index in [9.17, 15) is 18.0 Å². The number of carbonyl (C=O) groups is 2. The number of anilines is 1. The van der Waals surface area contributed by atoms with Gasteiger partial charge in [-0.2, -0.15) is 0 Å². The molecule has 0 fully saturated rings. The summed E-state index contributed by atoms with van der Waals surface area (Å²) >= 11 is 3.38. The van der Waals surface area contributed by atoms with Crippen LogP contribution in [-0.2, 0) is 32.6 Å². The molecule has 0 saturated carbocycles. The summed E-state index contributed by atoms with van der Waals surface area (Å²) in [7, 11) is -3.81. The monoisotopic (exact) mass is 613 g/mol. The Kier molecular flexibility index (Phi) is 10.7. The molecule has 0 spiro atoms. The largest absolute Gasteiger partial charge is 0.352 e. The molecule has 2 amide bonds. The number of nitrogens with zero attached hydrogens (tertiary/aromatic N) is 2. The molecule has 3 rings (SSSR count). The molecule has 0 aliphatic rings. The average Bonchev–Trinajstić information content (AvgIpc) is 2.89. The number of rotatable bonds is 12. The molecule has 2 atom stereocenters. The Balaban J connectivity index is 2.06. The van der Waals surface area contributed by atoms with Crippen molar-refractivity contribution in [2.75, 3.05) is 17.1 Å². The van der Waals surface area contributed by atoms with Gasteiger partial charge in [0, 0.05) is 23.5 Å². The van der Waals surface area contributed by atoms with Gasteiger partial charge in [-0.15, -0.1) is 0 Å². The first-order valence-corrected chi connectivity index (χ1v) is 15.5. The van der Waals surface area contributed by atoms with Crippen molar-refractivity contribution in [3.8, 4) is 0 Å². The molecule has 1 N–H and O–H groups in total. The summed E-state index contributed by atoms with van der Waals surface area (Å²) in [5.74, 6) is -0.746. The predicted octanol–water partition coefficient (Wildman–Crippen LogP) is 5.08. The van der Waals surface area contributed by atoms with E-state index < -0.39 is 28.5 Å². The Morgan fingerprint density at radius 2 is 1.62 bits per heavy atom. The number of sulfonamides is 1. The second-order valence-electron chi connectivity index (χ2n) is 9.78. The minimum Gasteiger partial charge on any atom is -0.352 e. The molecule has 9 heteroatoms. The summed E-state index contributed by atoms with van der Waals surface area (Å²) in [6.07, 6.45) is 2.10. The Labute approximate surface area is 240 Å². The summed E-state index contributed by atoms with van der Waals surface area (Å²) in [6.45, 7) is 5.58. The van der Waals surface area contributed by atoms with E-state index in [1.165, 1.54) is 4.90 Å². The number of hydrogen-bond acceptors (Lipinski definition) is 4. The predicted molar refractivity (Wildman–Crippen MR) is 160 cm³/mol. The first-order chi connectivity index (χ1) is 18.5. The molecule has 0 unspecified atom stereocenters. The SMILES string of the molecule is CC[C@H](C)NC(=O)[C@H](Cc1ccccc1)N(Cc1cccc(C)c1)C(=O)CN(c1cccc(Br)c1)S(C)(=O)=O. The summed E-state index contributed by atoms with van der Waals surface area (Å²) < 4.78 is 27.5. The second-order valence-corrected chi connectivity index (χ2v) is 12.6. The van der Waals surface area contributed by atoms with Crippen LogP contribution in [0.2, 0.25) is 0 Å². The smallest absolute Gasteiger partial charge is 0.244 e. The molecule has 3 aromatic rings. The highest BCUT2D eigenvalue weighted by atomic mass is 79.9. The second kappa shape index (κ2) is 13.8. The standard InChI is InChI=1S/C30H36BrN3O4S/c1-5-23(3)32-30(36)28(18-24-12-7-6-8-13-24)33(20-25-14-9-11-22(2)17-25)29(35)21-34(39(4,37)38)27-16-10-15-26(31)19-27/h6-17,19,23,28H,5,18,20-21H2,1-4H3,(H,32,36)/t23-,28-/m0/s1. The van der Waals surface area contributed by atoms with Crippen LogP contribution >= 0.6 is 15.9 Å². The van der Waals surface area contributed by atoms with Crippen molar-refractivity contribution in [2.24, 2.45) is 0 Å². The van der Waals surface area contributed by atoms with Gasteiger partial charge in [-0.25, -0.2) is 8.42 Å². The third kappa shape index (κ3) is 8.93. The lowest BCUT2D eigenvalue weighted by molar-refractivity contribution is -0.140. The number of benzene rings is 3. The van der Waals surface area contributed by atoms with Crippen molar-refractivity contribution in [2.45, 2.75) is 52.2 Å². The van der Waals surface area contributed by atoms with Crippen LogP contribution in [0.4, 0.5) is 5.69 Å².